The lowest BCUT2D eigenvalue weighted by molar-refractivity contribution is 0.170. The number of hydrogen-bond acceptors (Lipinski definition) is 2. The molecule has 0 unspecified atom stereocenters. The summed E-state index contributed by atoms with van der Waals surface area (Å²) in [6.07, 6.45) is 4.23. The first kappa shape index (κ1) is 20.2. The number of hydrogen-bond donors (Lipinski definition) is 2. The zero-order valence-electron chi connectivity index (χ0n) is 17.7. The highest BCUT2D eigenvalue weighted by atomic mass is 16.2. The minimum atomic E-state index is -0.116. The Bertz CT molecular complexity index is 1100. The lowest BCUT2D eigenvalue weighted by Crippen LogP contribution is -2.45. The van der Waals surface area contributed by atoms with E-state index < -0.39 is 0 Å². The van der Waals surface area contributed by atoms with E-state index in [4.69, 9.17) is 0 Å². The molecule has 2 N–H and O–H groups in total. The van der Waals surface area contributed by atoms with E-state index >= 15 is 0 Å². The number of nitrogens with zero attached hydrogens (tertiary/aromatic N) is 1. The van der Waals surface area contributed by atoms with Gasteiger partial charge in [0.1, 0.15) is 0 Å². The molecule has 0 bridgehead atoms. The standard InChI is InChI=1S/C25H29N3O2/c1-17-12-13-20-14-21(24(29)27-23(20)18(17)2)16-28(22-10-6-7-11-22)25(30)26-15-19-8-4-3-5-9-19/h3-5,8-9,12-14,22H,6-7,10-11,15-16H2,1-2H3,(H,26,30)(H,27,29). The summed E-state index contributed by atoms with van der Waals surface area (Å²) in [6.45, 7) is 4.87. The van der Waals surface area contributed by atoms with Gasteiger partial charge >= 0.3 is 6.03 Å². The van der Waals surface area contributed by atoms with Crippen LogP contribution in [0.25, 0.3) is 10.9 Å². The monoisotopic (exact) mass is 403 g/mol. The molecule has 0 saturated heterocycles. The third-order valence-corrected chi connectivity index (χ3v) is 6.28. The number of urea groups is 1. The maximum absolute atomic E-state index is 13.1. The molecule has 0 spiro atoms. The summed E-state index contributed by atoms with van der Waals surface area (Å²) in [5.41, 5.74) is 4.70. The molecule has 0 atom stereocenters. The van der Waals surface area contributed by atoms with Crippen LogP contribution in [0, 0.1) is 13.8 Å². The molecule has 1 heterocycles. The summed E-state index contributed by atoms with van der Waals surface area (Å²) < 4.78 is 0. The van der Waals surface area contributed by atoms with Crippen molar-refractivity contribution in [3.8, 4) is 0 Å². The molecule has 1 aliphatic rings. The molecule has 1 fully saturated rings. The van der Waals surface area contributed by atoms with Crippen LogP contribution >= 0.6 is 0 Å². The van der Waals surface area contributed by atoms with Crippen LogP contribution in [0.2, 0.25) is 0 Å². The third-order valence-electron chi connectivity index (χ3n) is 6.28. The van der Waals surface area contributed by atoms with Crippen LogP contribution in [0.15, 0.2) is 53.3 Å². The van der Waals surface area contributed by atoms with Crippen molar-refractivity contribution in [2.45, 2.75) is 58.7 Å². The normalized spacial score (nSPS) is 14.2. The second-order valence-electron chi connectivity index (χ2n) is 8.31. The van der Waals surface area contributed by atoms with Crippen molar-refractivity contribution < 1.29 is 4.79 Å². The number of fused-ring (bicyclic) bond motifs is 1. The number of aromatic amines is 1. The molecule has 1 aliphatic carbocycles. The Hall–Kier alpha value is -3.08. The van der Waals surface area contributed by atoms with Crippen LogP contribution in [-0.4, -0.2) is 22.0 Å². The highest BCUT2D eigenvalue weighted by molar-refractivity contribution is 5.83. The van der Waals surface area contributed by atoms with Crippen LogP contribution in [0.4, 0.5) is 4.79 Å². The number of pyridine rings is 1. The molecular formula is C25H29N3O2. The predicted octanol–water partition coefficient (Wildman–Crippen LogP) is 4.80. The van der Waals surface area contributed by atoms with Gasteiger partial charge in [-0.25, -0.2) is 4.79 Å². The molecule has 2 amide bonds. The molecule has 4 rings (SSSR count). The molecule has 1 aromatic heterocycles. The van der Waals surface area contributed by atoms with Crippen LogP contribution in [0.5, 0.6) is 0 Å². The first-order valence-corrected chi connectivity index (χ1v) is 10.7. The number of benzene rings is 2. The summed E-state index contributed by atoms with van der Waals surface area (Å²) >= 11 is 0. The van der Waals surface area contributed by atoms with E-state index in [1.807, 2.05) is 61.2 Å². The van der Waals surface area contributed by atoms with Crippen LogP contribution in [0.1, 0.15) is 47.9 Å². The number of carbonyl (C=O) groups excluding carboxylic acids is 1. The third kappa shape index (κ3) is 4.25. The molecule has 5 heteroatoms. The van der Waals surface area contributed by atoms with Crippen LogP contribution < -0.4 is 10.9 Å². The zero-order valence-corrected chi connectivity index (χ0v) is 17.7. The van der Waals surface area contributed by atoms with Gasteiger partial charge in [-0.2, -0.15) is 0 Å². The van der Waals surface area contributed by atoms with Crippen molar-refractivity contribution in [1.82, 2.24) is 15.2 Å². The van der Waals surface area contributed by atoms with Crippen LogP contribution in [0.3, 0.4) is 0 Å². The Balaban J connectivity index is 1.59. The Morgan fingerprint density at radius 2 is 1.83 bits per heavy atom. The SMILES string of the molecule is Cc1ccc2cc(CN(C(=O)NCc3ccccc3)C3CCCC3)c(=O)[nH]c2c1C. The average molecular weight is 404 g/mol. The summed E-state index contributed by atoms with van der Waals surface area (Å²) in [7, 11) is 0. The fourth-order valence-corrected chi connectivity index (χ4v) is 4.33. The lowest BCUT2D eigenvalue weighted by Gasteiger charge is -2.29. The summed E-state index contributed by atoms with van der Waals surface area (Å²) in [6, 6.07) is 16.0. The Labute approximate surface area is 177 Å². The Morgan fingerprint density at radius 3 is 2.57 bits per heavy atom. The van der Waals surface area contributed by atoms with Gasteiger partial charge in [-0.05, 0) is 54.8 Å². The smallest absolute Gasteiger partial charge is 0.318 e. The topological polar surface area (TPSA) is 65.2 Å². The van der Waals surface area contributed by atoms with Gasteiger partial charge in [0.25, 0.3) is 5.56 Å². The van der Waals surface area contributed by atoms with Gasteiger partial charge in [0, 0.05) is 18.2 Å². The van der Waals surface area contributed by atoms with Crippen molar-refractivity contribution in [2.24, 2.45) is 0 Å². The van der Waals surface area contributed by atoms with E-state index in [9.17, 15) is 9.59 Å². The molecule has 2 aromatic carbocycles. The number of rotatable bonds is 5. The largest absolute Gasteiger partial charge is 0.334 e. The van der Waals surface area contributed by atoms with E-state index in [-0.39, 0.29) is 17.6 Å². The van der Waals surface area contributed by atoms with Gasteiger partial charge in [-0.1, -0.05) is 55.3 Å². The van der Waals surface area contributed by atoms with Gasteiger partial charge in [0.2, 0.25) is 0 Å². The van der Waals surface area contributed by atoms with E-state index in [0.717, 1.165) is 53.3 Å². The number of nitrogens with one attached hydrogen (secondary N) is 2. The number of aryl methyl sites for hydroxylation is 2. The summed E-state index contributed by atoms with van der Waals surface area (Å²) in [4.78, 5) is 30.8. The van der Waals surface area contributed by atoms with E-state index in [1.165, 1.54) is 0 Å². The molecule has 0 radical (unpaired) electrons. The first-order chi connectivity index (χ1) is 14.5. The summed E-state index contributed by atoms with van der Waals surface area (Å²) in [5, 5.41) is 4.05. The second-order valence-corrected chi connectivity index (χ2v) is 8.31. The quantitative estimate of drug-likeness (QED) is 0.643. The highest BCUT2D eigenvalue weighted by Gasteiger charge is 2.27. The zero-order chi connectivity index (χ0) is 21.1. The number of aromatic nitrogens is 1. The molecule has 3 aromatic rings. The first-order valence-electron chi connectivity index (χ1n) is 10.7. The van der Waals surface area contributed by atoms with Crippen molar-refractivity contribution in [2.75, 3.05) is 0 Å². The minimum absolute atomic E-state index is 0.106. The molecule has 1 saturated carbocycles. The highest BCUT2D eigenvalue weighted by Crippen LogP contribution is 2.26. The second kappa shape index (κ2) is 8.74. The molecule has 5 nitrogen and oxygen atoms in total. The van der Waals surface area contributed by atoms with Gasteiger partial charge in [-0.15, -0.1) is 0 Å². The fourth-order valence-electron chi connectivity index (χ4n) is 4.33. The van der Waals surface area contributed by atoms with Gasteiger partial charge in [0.15, 0.2) is 0 Å². The van der Waals surface area contributed by atoms with Gasteiger partial charge in [0.05, 0.1) is 12.1 Å². The molecule has 0 aliphatic heterocycles. The van der Waals surface area contributed by atoms with Crippen molar-refractivity contribution in [3.05, 3.63) is 81.1 Å². The maximum Gasteiger partial charge on any atom is 0.318 e. The molecule has 156 valence electrons. The van der Waals surface area contributed by atoms with Gasteiger partial charge < -0.3 is 15.2 Å². The predicted molar refractivity (Wildman–Crippen MR) is 121 cm³/mol. The van der Waals surface area contributed by atoms with E-state index in [0.29, 0.717) is 18.7 Å². The van der Waals surface area contributed by atoms with Crippen molar-refractivity contribution in [1.29, 1.82) is 0 Å². The number of carbonyl (C=O) groups is 1. The number of amides is 2. The van der Waals surface area contributed by atoms with Crippen molar-refractivity contribution in [3.63, 3.8) is 0 Å². The lowest BCUT2D eigenvalue weighted by atomic mass is 10.0. The van der Waals surface area contributed by atoms with Crippen LogP contribution in [-0.2, 0) is 13.1 Å². The minimum Gasteiger partial charge on any atom is -0.334 e. The maximum atomic E-state index is 13.1. The fraction of sp³-hybridized carbons (Fsp3) is 0.360. The Kier molecular flexibility index (Phi) is 5.88. The van der Waals surface area contributed by atoms with Gasteiger partial charge in [-0.3, -0.25) is 4.79 Å². The molecule has 30 heavy (non-hydrogen) atoms. The van der Waals surface area contributed by atoms with E-state index in [2.05, 4.69) is 16.4 Å². The van der Waals surface area contributed by atoms with E-state index in [1.54, 1.807) is 0 Å². The molecular weight excluding hydrogens is 374 g/mol. The Morgan fingerprint density at radius 1 is 1.10 bits per heavy atom. The average Bonchev–Trinajstić information content (AvgIpc) is 3.29. The summed E-state index contributed by atoms with van der Waals surface area (Å²) in [5.74, 6) is 0. The van der Waals surface area contributed by atoms with Crippen molar-refractivity contribution >= 4 is 16.9 Å². The number of H-pyrrole nitrogens is 1.